The molecule has 0 saturated carbocycles. The first-order valence-corrected chi connectivity index (χ1v) is 7.45. The zero-order chi connectivity index (χ0) is 17.5. The number of likely N-dealkylation sites (tertiary alicyclic amines) is 1. The molecule has 0 aromatic heterocycles. The van der Waals surface area contributed by atoms with E-state index in [0.29, 0.717) is 36.4 Å². The van der Waals surface area contributed by atoms with Crippen molar-refractivity contribution in [1.29, 1.82) is 0 Å². The van der Waals surface area contributed by atoms with E-state index in [0.717, 1.165) is 4.90 Å². The minimum Gasteiger partial charge on any atom is -0.493 e. The second-order valence-corrected chi connectivity index (χ2v) is 5.10. The molecule has 0 radical (unpaired) electrons. The van der Waals surface area contributed by atoms with Gasteiger partial charge in [-0.3, -0.25) is 14.5 Å². The van der Waals surface area contributed by atoms with Gasteiger partial charge in [0.25, 0.3) is 5.91 Å². The lowest BCUT2D eigenvalue weighted by Crippen LogP contribution is -2.35. The molecule has 0 aliphatic carbocycles. The van der Waals surface area contributed by atoms with E-state index in [4.69, 9.17) is 14.2 Å². The van der Waals surface area contributed by atoms with Crippen molar-refractivity contribution in [2.75, 3.05) is 27.4 Å². The van der Waals surface area contributed by atoms with Gasteiger partial charge >= 0.3 is 5.97 Å². The quantitative estimate of drug-likeness (QED) is 0.578. The number of carbonyl (C=O) groups is 3. The number of carbonyl (C=O) groups excluding carboxylic acids is 3. The van der Waals surface area contributed by atoms with Crippen LogP contribution in [0.1, 0.15) is 18.4 Å². The summed E-state index contributed by atoms with van der Waals surface area (Å²) in [4.78, 5) is 36.0. The molecule has 0 atom stereocenters. The summed E-state index contributed by atoms with van der Waals surface area (Å²) in [5.41, 5.74) is 0.714. The molecule has 7 heteroatoms. The average molecular weight is 333 g/mol. The Hall–Kier alpha value is -2.83. The summed E-state index contributed by atoms with van der Waals surface area (Å²) in [6.07, 6.45) is 3.76. The minimum absolute atomic E-state index is 0.225. The van der Waals surface area contributed by atoms with E-state index in [1.165, 1.54) is 26.4 Å². The Balaban J connectivity index is 1.88. The molecule has 1 aliphatic heterocycles. The third-order valence-corrected chi connectivity index (χ3v) is 3.53. The number of benzene rings is 1. The number of hydrogen-bond acceptors (Lipinski definition) is 6. The van der Waals surface area contributed by atoms with Crippen LogP contribution in [0.3, 0.4) is 0 Å². The van der Waals surface area contributed by atoms with Gasteiger partial charge in [-0.1, -0.05) is 6.07 Å². The Morgan fingerprint density at radius 1 is 1.21 bits per heavy atom. The second-order valence-electron chi connectivity index (χ2n) is 5.10. The maximum Gasteiger partial charge on any atom is 0.331 e. The Bertz CT molecular complexity index is 667. The van der Waals surface area contributed by atoms with Crippen LogP contribution in [0.5, 0.6) is 11.5 Å². The Labute approximate surface area is 139 Å². The van der Waals surface area contributed by atoms with Gasteiger partial charge in [0.05, 0.1) is 14.2 Å². The highest BCUT2D eigenvalue weighted by Crippen LogP contribution is 2.27. The fraction of sp³-hybridized carbons (Fsp3) is 0.353. The van der Waals surface area contributed by atoms with E-state index in [1.54, 1.807) is 18.2 Å². The van der Waals surface area contributed by atoms with Gasteiger partial charge in [0.15, 0.2) is 18.1 Å². The van der Waals surface area contributed by atoms with Gasteiger partial charge in [0.2, 0.25) is 5.91 Å². The highest BCUT2D eigenvalue weighted by molar-refractivity contribution is 5.98. The molecule has 7 nitrogen and oxygen atoms in total. The zero-order valence-corrected chi connectivity index (χ0v) is 13.6. The maximum absolute atomic E-state index is 11.8. The monoisotopic (exact) mass is 333 g/mol. The third-order valence-electron chi connectivity index (χ3n) is 3.53. The van der Waals surface area contributed by atoms with E-state index in [9.17, 15) is 14.4 Å². The van der Waals surface area contributed by atoms with Crippen molar-refractivity contribution in [3.63, 3.8) is 0 Å². The van der Waals surface area contributed by atoms with Gasteiger partial charge in [-0.2, -0.15) is 0 Å². The Kier molecular flexibility index (Phi) is 5.95. The zero-order valence-electron chi connectivity index (χ0n) is 13.6. The van der Waals surface area contributed by atoms with Crippen LogP contribution in [-0.4, -0.2) is 50.1 Å². The van der Waals surface area contributed by atoms with E-state index < -0.39 is 18.5 Å². The van der Waals surface area contributed by atoms with Crippen molar-refractivity contribution < 1.29 is 28.6 Å². The summed E-state index contributed by atoms with van der Waals surface area (Å²) in [6, 6.07) is 5.17. The molecule has 1 heterocycles. The molecule has 1 aromatic rings. The van der Waals surface area contributed by atoms with Gasteiger partial charge in [0.1, 0.15) is 0 Å². The van der Waals surface area contributed by atoms with Crippen LogP contribution < -0.4 is 9.47 Å². The molecule has 1 saturated heterocycles. The first-order valence-electron chi connectivity index (χ1n) is 7.45. The van der Waals surface area contributed by atoms with Crippen molar-refractivity contribution in [3.8, 4) is 11.5 Å². The summed E-state index contributed by atoms with van der Waals surface area (Å²) < 4.78 is 15.2. The van der Waals surface area contributed by atoms with Crippen LogP contribution >= 0.6 is 0 Å². The lowest BCUT2D eigenvalue weighted by Gasteiger charge is -2.12. The lowest BCUT2D eigenvalue weighted by molar-refractivity contribution is -0.151. The van der Waals surface area contributed by atoms with E-state index in [1.807, 2.05) is 0 Å². The van der Waals surface area contributed by atoms with Crippen LogP contribution in [0.4, 0.5) is 0 Å². The molecular formula is C17H19NO6. The number of ether oxygens (including phenoxy) is 3. The number of esters is 1. The first-order chi connectivity index (χ1) is 11.5. The molecule has 0 spiro atoms. The number of rotatable bonds is 6. The fourth-order valence-corrected chi connectivity index (χ4v) is 2.29. The molecular weight excluding hydrogens is 314 g/mol. The second kappa shape index (κ2) is 8.14. The van der Waals surface area contributed by atoms with Gasteiger partial charge in [-0.05, 0) is 30.2 Å². The predicted molar refractivity (Wildman–Crippen MR) is 85.5 cm³/mol. The molecule has 1 fully saturated rings. The summed E-state index contributed by atoms with van der Waals surface area (Å²) in [6.45, 7) is -0.0580. The molecule has 0 N–H and O–H groups in total. The van der Waals surface area contributed by atoms with Crippen molar-refractivity contribution in [2.24, 2.45) is 0 Å². The van der Waals surface area contributed by atoms with Crippen LogP contribution in [-0.2, 0) is 19.1 Å². The number of amides is 2. The average Bonchev–Trinajstić information content (AvgIpc) is 3.03. The van der Waals surface area contributed by atoms with Crippen molar-refractivity contribution >= 4 is 23.9 Å². The highest BCUT2D eigenvalue weighted by Gasteiger charge is 2.26. The number of imide groups is 1. The summed E-state index contributed by atoms with van der Waals surface area (Å²) in [7, 11) is 3.05. The SMILES string of the molecule is COc1ccc(C=CC(=O)OCC(=O)N2CCCC2=O)cc1OC. The van der Waals surface area contributed by atoms with Gasteiger partial charge in [-0.25, -0.2) is 4.79 Å². The van der Waals surface area contributed by atoms with E-state index in [-0.39, 0.29) is 5.91 Å². The van der Waals surface area contributed by atoms with Crippen molar-refractivity contribution in [2.45, 2.75) is 12.8 Å². The van der Waals surface area contributed by atoms with Crippen molar-refractivity contribution in [3.05, 3.63) is 29.8 Å². The van der Waals surface area contributed by atoms with Crippen LogP contribution in [0.2, 0.25) is 0 Å². The number of methoxy groups -OCH3 is 2. The predicted octanol–water partition coefficient (Wildman–Crippen LogP) is 1.41. The first kappa shape index (κ1) is 17.5. The number of hydrogen-bond donors (Lipinski definition) is 0. The topological polar surface area (TPSA) is 82.1 Å². The highest BCUT2D eigenvalue weighted by atomic mass is 16.5. The van der Waals surface area contributed by atoms with Gasteiger partial charge in [0, 0.05) is 19.0 Å². The normalized spacial score (nSPS) is 14.1. The Morgan fingerprint density at radius 2 is 1.96 bits per heavy atom. The fourth-order valence-electron chi connectivity index (χ4n) is 2.29. The maximum atomic E-state index is 11.8. The van der Waals surface area contributed by atoms with E-state index in [2.05, 4.69) is 0 Å². The number of nitrogens with zero attached hydrogens (tertiary/aromatic N) is 1. The summed E-state index contributed by atoms with van der Waals surface area (Å²) in [5, 5.41) is 0. The smallest absolute Gasteiger partial charge is 0.331 e. The molecule has 128 valence electrons. The van der Waals surface area contributed by atoms with Crippen LogP contribution in [0.25, 0.3) is 6.08 Å². The van der Waals surface area contributed by atoms with Crippen LogP contribution in [0, 0.1) is 0 Å². The van der Waals surface area contributed by atoms with Crippen molar-refractivity contribution in [1.82, 2.24) is 4.90 Å². The summed E-state index contributed by atoms with van der Waals surface area (Å²) >= 11 is 0. The van der Waals surface area contributed by atoms with E-state index >= 15 is 0 Å². The van der Waals surface area contributed by atoms with Gasteiger partial charge in [-0.15, -0.1) is 0 Å². The molecule has 1 aromatic carbocycles. The standard InChI is InChI=1S/C17H19NO6/c1-22-13-7-5-12(10-14(13)23-2)6-8-17(21)24-11-16(20)18-9-3-4-15(18)19/h5-8,10H,3-4,9,11H2,1-2H3. The largest absolute Gasteiger partial charge is 0.493 e. The molecule has 0 bridgehead atoms. The Morgan fingerprint density at radius 3 is 2.58 bits per heavy atom. The molecule has 0 unspecified atom stereocenters. The molecule has 2 amide bonds. The third kappa shape index (κ3) is 4.34. The summed E-state index contributed by atoms with van der Waals surface area (Å²) in [5.74, 6) is -0.263. The molecule has 2 rings (SSSR count). The molecule has 1 aliphatic rings. The van der Waals surface area contributed by atoms with Gasteiger partial charge < -0.3 is 14.2 Å². The van der Waals surface area contributed by atoms with Crippen LogP contribution in [0.15, 0.2) is 24.3 Å². The molecule has 24 heavy (non-hydrogen) atoms. The lowest BCUT2D eigenvalue weighted by atomic mass is 10.2. The minimum atomic E-state index is -0.662.